The molecule has 2 aromatic carbocycles. The van der Waals surface area contributed by atoms with Gasteiger partial charge in [0.2, 0.25) is 0 Å². The van der Waals surface area contributed by atoms with Crippen LogP contribution in [0.25, 0.3) is 0 Å². The summed E-state index contributed by atoms with van der Waals surface area (Å²) in [6, 6.07) is 9.88. The zero-order chi connectivity index (χ0) is 22.2. The van der Waals surface area contributed by atoms with Crippen LogP contribution in [-0.2, 0) is 30.8 Å². The van der Waals surface area contributed by atoms with Crippen LogP contribution in [0.3, 0.4) is 0 Å². The van der Waals surface area contributed by atoms with Gasteiger partial charge in [-0.15, -0.1) is 0 Å². The van der Waals surface area contributed by atoms with Gasteiger partial charge in [0.25, 0.3) is 10.1 Å². The number of benzene rings is 2. The van der Waals surface area contributed by atoms with E-state index in [-0.39, 0.29) is 10.6 Å². The Labute approximate surface area is 171 Å². The average molecular weight is 466 g/mol. The summed E-state index contributed by atoms with van der Waals surface area (Å²) in [5.41, 5.74) is -4.31. The molecule has 0 radical (unpaired) electrons. The van der Waals surface area contributed by atoms with Crippen LogP contribution in [-0.4, -0.2) is 35.1 Å². The van der Waals surface area contributed by atoms with Crippen molar-refractivity contribution in [3.63, 3.8) is 0 Å². The van der Waals surface area contributed by atoms with Gasteiger partial charge in [0.15, 0.2) is 11.5 Å². The number of hydrogen-bond acceptors (Lipinski definition) is 7. The first kappa shape index (κ1) is 22.4. The molecule has 1 heterocycles. The van der Waals surface area contributed by atoms with Gasteiger partial charge in [0.05, 0.1) is 4.90 Å². The van der Waals surface area contributed by atoms with Crippen molar-refractivity contribution in [2.45, 2.75) is 36.3 Å². The molecule has 1 unspecified atom stereocenters. The summed E-state index contributed by atoms with van der Waals surface area (Å²) in [6.45, 7) is 1.39. The molecule has 0 N–H and O–H groups in total. The Hall–Kier alpha value is -2.31. The van der Waals surface area contributed by atoms with E-state index in [1.165, 1.54) is 18.2 Å². The maximum Gasteiger partial charge on any atom is 0.534 e. The first-order chi connectivity index (χ1) is 13.9. The first-order valence-electron chi connectivity index (χ1n) is 8.64. The second-order valence-corrected chi connectivity index (χ2v) is 9.71. The highest BCUT2D eigenvalue weighted by atomic mass is 32.2. The molecule has 1 atom stereocenters. The topological polar surface area (TPSA) is 96.0 Å². The molecule has 2 aromatic rings. The molecule has 7 nitrogen and oxygen atoms in total. The normalized spacial score (nSPS) is 17.1. The van der Waals surface area contributed by atoms with Crippen LogP contribution in [0.2, 0.25) is 0 Å². The van der Waals surface area contributed by atoms with E-state index >= 15 is 0 Å². The number of ether oxygens (including phenoxy) is 1. The lowest BCUT2D eigenvalue weighted by Gasteiger charge is -2.27. The summed E-state index contributed by atoms with van der Waals surface area (Å²) in [5.74, 6) is -0.825. The molecule has 164 valence electrons. The molecule has 0 amide bonds. The lowest BCUT2D eigenvalue weighted by molar-refractivity contribution is -0.0501. The molecule has 1 aliphatic heterocycles. The second-order valence-electron chi connectivity index (χ2n) is 6.56. The summed E-state index contributed by atoms with van der Waals surface area (Å²) >= 11 is 0. The quantitative estimate of drug-likeness (QED) is 0.476. The Kier molecular flexibility index (Phi) is 6.03. The molecule has 1 aliphatic rings. The summed E-state index contributed by atoms with van der Waals surface area (Å²) in [7, 11) is -9.95. The van der Waals surface area contributed by atoms with Crippen molar-refractivity contribution in [2.24, 2.45) is 0 Å². The van der Waals surface area contributed by atoms with Gasteiger partial charge >= 0.3 is 15.6 Å². The number of para-hydroxylation sites is 1. The number of alkyl halides is 3. The van der Waals surface area contributed by atoms with E-state index in [1.54, 1.807) is 25.1 Å². The van der Waals surface area contributed by atoms with Crippen molar-refractivity contribution < 1.29 is 43.1 Å². The van der Waals surface area contributed by atoms with Crippen molar-refractivity contribution >= 4 is 20.2 Å². The minimum atomic E-state index is -5.88. The highest BCUT2D eigenvalue weighted by Crippen LogP contribution is 2.39. The van der Waals surface area contributed by atoms with E-state index in [9.17, 15) is 30.0 Å². The van der Waals surface area contributed by atoms with E-state index in [1.807, 2.05) is 0 Å². The van der Waals surface area contributed by atoms with E-state index in [4.69, 9.17) is 8.92 Å². The van der Waals surface area contributed by atoms with Crippen LogP contribution in [0.5, 0.6) is 11.5 Å². The Morgan fingerprint density at radius 3 is 2.37 bits per heavy atom. The molecule has 0 spiro atoms. The predicted molar refractivity (Wildman–Crippen MR) is 99.1 cm³/mol. The van der Waals surface area contributed by atoms with Crippen LogP contribution < -0.4 is 8.92 Å². The van der Waals surface area contributed by atoms with Gasteiger partial charge in [-0.1, -0.05) is 29.8 Å². The van der Waals surface area contributed by atoms with Gasteiger partial charge in [-0.25, -0.2) is 0 Å². The fraction of sp³-hybridized carbons (Fsp3) is 0.333. The molecule has 30 heavy (non-hydrogen) atoms. The van der Waals surface area contributed by atoms with Gasteiger partial charge < -0.3 is 8.92 Å². The van der Waals surface area contributed by atoms with Crippen molar-refractivity contribution in [1.29, 1.82) is 0 Å². The molecular formula is C18H17F3O7S2. The molecule has 0 bridgehead atoms. The number of halogens is 3. The van der Waals surface area contributed by atoms with Crippen LogP contribution in [0.15, 0.2) is 47.4 Å². The summed E-state index contributed by atoms with van der Waals surface area (Å²) in [4.78, 5) is -0.0513. The molecule has 12 heteroatoms. The van der Waals surface area contributed by atoms with Crippen molar-refractivity contribution in [1.82, 2.24) is 0 Å². The van der Waals surface area contributed by atoms with Gasteiger partial charge in [0.1, 0.15) is 12.7 Å². The van der Waals surface area contributed by atoms with Gasteiger partial charge in [-0.3, -0.25) is 4.18 Å². The van der Waals surface area contributed by atoms with E-state index in [0.29, 0.717) is 18.4 Å². The lowest BCUT2D eigenvalue weighted by Crippen LogP contribution is -2.31. The van der Waals surface area contributed by atoms with E-state index in [2.05, 4.69) is 4.18 Å². The molecule has 0 saturated carbocycles. The number of fused-ring (bicyclic) bond motifs is 1. The maximum absolute atomic E-state index is 12.6. The fourth-order valence-corrected chi connectivity index (χ4v) is 4.12. The minimum Gasteiger partial charge on any atom is -0.484 e. The van der Waals surface area contributed by atoms with E-state index < -0.39 is 44.2 Å². The number of hydrogen-bond donors (Lipinski definition) is 0. The van der Waals surface area contributed by atoms with Gasteiger partial charge in [-0.2, -0.15) is 30.0 Å². The monoisotopic (exact) mass is 466 g/mol. The highest BCUT2D eigenvalue weighted by molar-refractivity contribution is 7.88. The second kappa shape index (κ2) is 8.08. The van der Waals surface area contributed by atoms with Crippen LogP contribution in [0.4, 0.5) is 13.2 Å². The van der Waals surface area contributed by atoms with Gasteiger partial charge in [-0.05, 0) is 43.5 Å². The Morgan fingerprint density at radius 1 is 1.07 bits per heavy atom. The Balaban J connectivity index is 1.75. The standard InChI is InChI=1S/C18H17F3O7S2/c1-12-5-9-15(10-6-12)29(22,23)26-11-14-8-7-13-3-2-4-16(17(13)27-14)28-30(24,25)18(19,20)21/h2-6,9-10,14H,7-8,11H2,1H3. The average Bonchev–Trinajstić information content (AvgIpc) is 2.66. The molecule has 0 aromatic heterocycles. The third kappa shape index (κ3) is 4.87. The minimum absolute atomic E-state index is 0.0513. The summed E-state index contributed by atoms with van der Waals surface area (Å²) in [6.07, 6.45) is -0.223. The number of aryl methyl sites for hydroxylation is 2. The zero-order valence-corrected chi connectivity index (χ0v) is 17.2. The van der Waals surface area contributed by atoms with Crippen LogP contribution >= 0.6 is 0 Å². The van der Waals surface area contributed by atoms with Crippen LogP contribution in [0.1, 0.15) is 17.5 Å². The smallest absolute Gasteiger partial charge is 0.484 e. The van der Waals surface area contributed by atoms with Crippen LogP contribution in [0, 0.1) is 6.92 Å². The highest BCUT2D eigenvalue weighted by Gasteiger charge is 2.49. The van der Waals surface area contributed by atoms with E-state index in [0.717, 1.165) is 11.6 Å². The van der Waals surface area contributed by atoms with Crippen molar-refractivity contribution in [3.05, 3.63) is 53.6 Å². The summed E-state index contributed by atoms with van der Waals surface area (Å²) < 4.78 is 99.8. The maximum atomic E-state index is 12.6. The largest absolute Gasteiger partial charge is 0.534 e. The predicted octanol–water partition coefficient (Wildman–Crippen LogP) is 3.32. The van der Waals surface area contributed by atoms with Crippen molar-refractivity contribution in [3.8, 4) is 11.5 Å². The molecule has 0 fully saturated rings. The number of rotatable bonds is 6. The Bertz CT molecular complexity index is 1130. The Morgan fingerprint density at radius 2 is 1.73 bits per heavy atom. The SMILES string of the molecule is Cc1ccc(S(=O)(=O)OCC2CCc3cccc(OS(=O)(=O)C(F)(F)F)c3O2)cc1. The zero-order valence-electron chi connectivity index (χ0n) is 15.5. The first-order valence-corrected chi connectivity index (χ1v) is 11.5. The fourth-order valence-electron chi connectivity index (χ4n) is 2.72. The summed E-state index contributed by atoms with van der Waals surface area (Å²) in [5, 5.41) is 0. The lowest BCUT2D eigenvalue weighted by atomic mass is 10.0. The van der Waals surface area contributed by atoms with Crippen molar-refractivity contribution in [2.75, 3.05) is 6.61 Å². The molecule has 3 rings (SSSR count). The molecule has 0 saturated heterocycles. The molecular weight excluding hydrogens is 449 g/mol. The molecule has 0 aliphatic carbocycles. The van der Waals surface area contributed by atoms with Gasteiger partial charge in [0, 0.05) is 0 Å². The third-order valence-electron chi connectivity index (χ3n) is 4.28. The third-order valence-corrected chi connectivity index (χ3v) is 6.54.